The molecule has 0 spiro atoms. The topological polar surface area (TPSA) is 161 Å². The molecule has 2 unspecified atom stereocenters. The highest BCUT2D eigenvalue weighted by molar-refractivity contribution is 6.39. The number of hydrogen-bond acceptors (Lipinski definition) is 7. The van der Waals surface area contributed by atoms with Gasteiger partial charge in [-0.15, -0.1) is 0 Å². The largest absolute Gasteiger partial charge is 0.411 e. The second-order valence-electron chi connectivity index (χ2n) is 9.98. The van der Waals surface area contributed by atoms with E-state index in [0.29, 0.717) is 31.2 Å². The van der Waals surface area contributed by atoms with E-state index in [-0.39, 0.29) is 41.6 Å². The normalized spacial score (nSPS) is 18.8. The van der Waals surface area contributed by atoms with Crippen LogP contribution in [0, 0.1) is 18.8 Å². The lowest BCUT2D eigenvalue weighted by molar-refractivity contribution is -0.147. The van der Waals surface area contributed by atoms with Gasteiger partial charge in [0, 0.05) is 36.1 Å². The molecule has 4 rings (SSSR count). The van der Waals surface area contributed by atoms with Gasteiger partial charge < -0.3 is 26.0 Å². The number of benzene rings is 1. The van der Waals surface area contributed by atoms with E-state index >= 15 is 0 Å². The number of carbonyl (C=O) groups excluding carboxylic acids is 5. The summed E-state index contributed by atoms with van der Waals surface area (Å²) in [5.41, 5.74) is 8.22. The maximum atomic E-state index is 13.4. The van der Waals surface area contributed by atoms with E-state index in [1.807, 2.05) is 32.0 Å². The van der Waals surface area contributed by atoms with Crippen molar-refractivity contribution in [3.8, 4) is 5.88 Å². The number of rotatable bonds is 5. The Kier molecular flexibility index (Phi) is 7.75. The third kappa shape index (κ3) is 5.82. The lowest BCUT2D eigenvalue weighted by Crippen LogP contribution is -2.47. The van der Waals surface area contributed by atoms with E-state index in [0.717, 1.165) is 16.8 Å². The van der Waals surface area contributed by atoms with Crippen LogP contribution in [0.25, 0.3) is 0 Å². The van der Waals surface area contributed by atoms with Crippen molar-refractivity contribution in [2.24, 2.45) is 17.6 Å². The molecule has 0 aliphatic carbocycles. The summed E-state index contributed by atoms with van der Waals surface area (Å²) in [6, 6.07) is 6.62. The number of fused-ring (bicyclic) bond motifs is 1. The zero-order valence-electron chi connectivity index (χ0n) is 21.6. The summed E-state index contributed by atoms with van der Waals surface area (Å²) in [6.45, 7) is 5.59. The highest BCUT2D eigenvalue weighted by atomic mass is 16.6. The average Bonchev–Trinajstić information content (AvgIpc) is 2.88. The Morgan fingerprint density at radius 3 is 2.63 bits per heavy atom. The Morgan fingerprint density at radius 2 is 1.95 bits per heavy atom. The molecule has 11 heteroatoms. The molecule has 4 N–H and O–H groups in total. The predicted octanol–water partition coefficient (Wildman–Crippen LogP) is 2.88. The first-order chi connectivity index (χ1) is 18.0. The van der Waals surface area contributed by atoms with E-state index in [1.54, 1.807) is 6.92 Å². The zero-order chi connectivity index (χ0) is 27.6. The average molecular weight is 522 g/mol. The van der Waals surface area contributed by atoms with Crippen molar-refractivity contribution in [2.45, 2.75) is 52.5 Å². The van der Waals surface area contributed by atoms with Crippen molar-refractivity contribution in [3.63, 3.8) is 0 Å². The standard InChI is InChI=1S/C27H31N5O6/c1-14(2)23(34)18-8-9-32(21(12-18)17-4-6-20-16(11-17)5-7-22(33)31-20)26(36)24(35)30-19-10-15(3)25(29-13-19)38-27(28)37/h4,6,10-11,13-14,18,21H,5,7-9,12H2,1-3H3,(H2,28,37)(H,30,35)(H,31,33). The minimum atomic E-state index is -1.01. The second kappa shape index (κ2) is 11.0. The third-order valence-corrected chi connectivity index (χ3v) is 6.92. The van der Waals surface area contributed by atoms with Gasteiger partial charge in [-0.05, 0) is 49.4 Å². The molecule has 2 aliphatic heterocycles. The summed E-state index contributed by atoms with van der Waals surface area (Å²) in [7, 11) is 0. The van der Waals surface area contributed by atoms with Gasteiger partial charge in [0.1, 0.15) is 5.78 Å². The Labute approximate surface area is 220 Å². The van der Waals surface area contributed by atoms with Crippen molar-refractivity contribution in [1.29, 1.82) is 0 Å². The van der Waals surface area contributed by atoms with Gasteiger partial charge >= 0.3 is 17.9 Å². The van der Waals surface area contributed by atoms with Gasteiger partial charge in [-0.3, -0.25) is 19.2 Å². The molecule has 2 atom stereocenters. The fourth-order valence-electron chi connectivity index (χ4n) is 5.01. The summed E-state index contributed by atoms with van der Waals surface area (Å²) in [6.07, 6.45) is 2.07. The van der Waals surface area contributed by atoms with Crippen molar-refractivity contribution < 1.29 is 28.7 Å². The smallest absolute Gasteiger partial charge is 0.391 e. The first-order valence-electron chi connectivity index (χ1n) is 12.6. The predicted molar refractivity (Wildman–Crippen MR) is 138 cm³/mol. The number of likely N-dealkylation sites (tertiary alicyclic amines) is 1. The number of anilines is 2. The Bertz CT molecular complexity index is 1310. The van der Waals surface area contributed by atoms with Gasteiger partial charge in [0.05, 0.1) is 17.9 Å². The quantitative estimate of drug-likeness (QED) is 0.510. The molecule has 1 aromatic carbocycles. The number of ether oxygens (including phenoxy) is 1. The van der Waals surface area contributed by atoms with E-state index in [9.17, 15) is 24.0 Å². The Balaban J connectivity index is 1.57. The molecule has 2 aromatic rings. The van der Waals surface area contributed by atoms with Gasteiger partial charge in [-0.25, -0.2) is 9.78 Å². The summed E-state index contributed by atoms with van der Waals surface area (Å²) < 4.78 is 4.79. The second-order valence-corrected chi connectivity index (χ2v) is 9.98. The molecule has 11 nitrogen and oxygen atoms in total. The lowest BCUT2D eigenvalue weighted by Gasteiger charge is -2.39. The molecule has 38 heavy (non-hydrogen) atoms. The molecule has 0 bridgehead atoms. The maximum Gasteiger partial charge on any atom is 0.411 e. The number of hydrogen-bond donors (Lipinski definition) is 3. The van der Waals surface area contributed by atoms with Crippen LogP contribution in [0.15, 0.2) is 30.5 Å². The molecule has 1 fully saturated rings. The molecule has 200 valence electrons. The van der Waals surface area contributed by atoms with Crippen molar-refractivity contribution >= 4 is 41.0 Å². The van der Waals surface area contributed by atoms with Gasteiger partial charge in [0.2, 0.25) is 11.8 Å². The van der Waals surface area contributed by atoms with Gasteiger partial charge in [-0.1, -0.05) is 26.0 Å². The molecule has 1 saturated heterocycles. The number of Topliss-reactive ketones (excluding diaryl/α,β-unsaturated/α-hetero) is 1. The molecule has 3 heterocycles. The molecule has 1 aromatic heterocycles. The summed E-state index contributed by atoms with van der Waals surface area (Å²) >= 11 is 0. The van der Waals surface area contributed by atoms with Crippen LogP contribution < -0.4 is 21.1 Å². The van der Waals surface area contributed by atoms with E-state index < -0.39 is 23.9 Å². The number of primary amides is 1. The Hall–Kier alpha value is -4.28. The number of amides is 4. The summed E-state index contributed by atoms with van der Waals surface area (Å²) in [4.78, 5) is 67.5. The van der Waals surface area contributed by atoms with E-state index in [1.165, 1.54) is 17.2 Å². The first kappa shape index (κ1) is 26.8. The fraction of sp³-hybridized carbons (Fsp3) is 0.407. The number of aryl methyl sites for hydroxylation is 2. The lowest BCUT2D eigenvalue weighted by atomic mass is 9.81. The van der Waals surface area contributed by atoms with Crippen LogP contribution in [-0.4, -0.2) is 46.0 Å². The first-order valence-corrected chi connectivity index (χ1v) is 12.6. The third-order valence-electron chi connectivity index (χ3n) is 6.92. The molecule has 0 radical (unpaired) electrons. The van der Waals surface area contributed by atoms with Crippen LogP contribution in [0.1, 0.15) is 55.8 Å². The Morgan fingerprint density at radius 1 is 1.18 bits per heavy atom. The number of nitrogens with zero attached hydrogens (tertiary/aromatic N) is 2. The molecule has 0 saturated carbocycles. The minimum Gasteiger partial charge on any atom is -0.391 e. The van der Waals surface area contributed by atoms with Crippen LogP contribution >= 0.6 is 0 Å². The van der Waals surface area contributed by atoms with Crippen LogP contribution in [0.3, 0.4) is 0 Å². The van der Waals surface area contributed by atoms with Crippen LogP contribution in [0.5, 0.6) is 5.88 Å². The van der Waals surface area contributed by atoms with Crippen molar-refractivity contribution in [2.75, 3.05) is 17.2 Å². The van der Waals surface area contributed by atoms with Crippen LogP contribution in [0.2, 0.25) is 0 Å². The maximum absolute atomic E-state index is 13.4. The van der Waals surface area contributed by atoms with Crippen LogP contribution in [-0.2, 0) is 25.6 Å². The number of ketones is 1. The highest BCUT2D eigenvalue weighted by Crippen LogP contribution is 2.38. The van der Waals surface area contributed by atoms with Gasteiger partial charge in [0.15, 0.2) is 0 Å². The number of piperidine rings is 1. The molecule has 2 aliphatic rings. The number of pyridine rings is 1. The van der Waals surface area contributed by atoms with Crippen molar-refractivity contribution in [1.82, 2.24) is 9.88 Å². The van der Waals surface area contributed by atoms with Gasteiger partial charge in [-0.2, -0.15) is 0 Å². The number of carbonyl (C=O) groups is 5. The monoisotopic (exact) mass is 521 g/mol. The van der Waals surface area contributed by atoms with E-state index in [4.69, 9.17) is 10.5 Å². The van der Waals surface area contributed by atoms with Crippen LogP contribution in [0.4, 0.5) is 16.2 Å². The minimum absolute atomic E-state index is 0.00220. The molecular weight excluding hydrogens is 490 g/mol. The number of nitrogens with two attached hydrogens (primary N) is 1. The number of nitrogens with one attached hydrogen (secondary N) is 2. The highest BCUT2D eigenvalue weighted by Gasteiger charge is 2.38. The van der Waals surface area contributed by atoms with Crippen molar-refractivity contribution in [3.05, 3.63) is 47.2 Å². The van der Waals surface area contributed by atoms with Gasteiger partial charge in [0.25, 0.3) is 0 Å². The fourth-order valence-corrected chi connectivity index (χ4v) is 5.01. The number of aromatic nitrogens is 1. The summed E-state index contributed by atoms with van der Waals surface area (Å²) in [5.74, 6) is -1.85. The molecule has 4 amide bonds. The molecular formula is C27H31N5O6. The van der Waals surface area contributed by atoms with E-state index in [2.05, 4.69) is 15.6 Å². The zero-order valence-corrected chi connectivity index (χ0v) is 21.6. The summed E-state index contributed by atoms with van der Waals surface area (Å²) in [5, 5.41) is 5.41. The SMILES string of the molecule is Cc1cc(NC(=O)C(=O)N2CCC(C(=O)C(C)C)CC2c2ccc3c(c2)CCC(=O)N3)cnc1OC(N)=O.